The normalized spacial score (nSPS) is 13.3. The Morgan fingerprint density at radius 3 is 2.53 bits per heavy atom. The lowest BCUT2D eigenvalue weighted by molar-refractivity contribution is -0.274. The Labute approximate surface area is 112 Å². The quantitative estimate of drug-likeness (QED) is 0.795. The fraction of sp³-hybridized carbons (Fsp3) is 0.571. The molecule has 1 unspecified atom stereocenters. The van der Waals surface area contributed by atoms with Crippen LogP contribution < -0.4 is 10.1 Å². The van der Waals surface area contributed by atoms with Gasteiger partial charge in [-0.15, -0.1) is 13.2 Å². The Kier molecular flexibility index (Phi) is 6.15. The molecule has 2 nitrogen and oxygen atoms in total. The van der Waals surface area contributed by atoms with Crippen LogP contribution in [0.15, 0.2) is 24.3 Å². The molecule has 1 aromatic rings. The second-order valence-electron chi connectivity index (χ2n) is 4.42. The maximum atomic E-state index is 12.2. The van der Waals surface area contributed by atoms with Gasteiger partial charge in [0.05, 0.1) is 0 Å². The van der Waals surface area contributed by atoms with E-state index in [1.165, 1.54) is 12.1 Å². The number of hydrogen-bond donors (Lipinski definition) is 1. The molecule has 19 heavy (non-hydrogen) atoms. The SMILES string of the molecule is CCCNC(CCC)c1cccc(OC(F)(F)F)c1. The minimum absolute atomic E-state index is 0.0710. The summed E-state index contributed by atoms with van der Waals surface area (Å²) in [5.74, 6) is -0.163. The van der Waals surface area contributed by atoms with E-state index in [9.17, 15) is 13.2 Å². The van der Waals surface area contributed by atoms with Crippen molar-refractivity contribution >= 4 is 0 Å². The number of rotatable bonds is 7. The Bertz CT molecular complexity index is 379. The molecule has 0 heterocycles. The number of ether oxygens (including phenoxy) is 1. The lowest BCUT2D eigenvalue weighted by Gasteiger charge is -2.19. The van der Waals surface area contributed by atoms with Crippen LogP contribution in [0.2, 0.25) is 0 Å². The van der Waals surface area contributed by atoms with Crippen molar-refractivity contribution in [2.24, 2.45) is 0 Å². The van der Waals surface area contributed by atoms with E-state index in [1.54, 1.807) is 6.07 Å². The molecular weight excluding hydrogens is 255 g/mol. The second-order valence-corrected chi connectivity index (χ2v) is 4.42. The fourth-order valence-corrected chi connectivity index (χ4v) is 1.92. The first kappa shape index (κ1) is 15.8. The van der Waals surface area contributed by atoms with E-state index >= 15 is 0 Å². The average Bonchev–Trinajstić information content (AvgIpc) is 2.32. The van der Waals surface area contributed by atoms with Crippen LogP contribution in [0, 0.1) is 0 Å². The largest absolute Gasteiger partial charge is 0.573 e. The third kappa shape index (κ3) is 5.96. The van der Waals surface area contributed by atoms with E-state index in [1.807, 2.05) is 6.07 Å². The molecule has 1 aromatic carbocycles. The highest BCUT2D eigenvalue weighted by Gasteiger charge is 2.31. The molecule has 108 valence electrons. The monoisotopic (exact) mass is 275 g/mol. The average molecular weight is 275 g/mol. The highest BCUT2D eigenvalue weighted by atomic mass is 19.4. The molecule has 1 N–H and O–H groups in total. The molecule has 1 atom stereocenters. The van der Waals surface area contributed by atoms with E-state index < -0.39 is 6.36 Å². The summed E-state index contributed by atoms with van der Waals surface area (Å²) < 4.78 is 40.5. The van der Waals surface area contributed by atoms with E-state index in [4.69, 9.17) is 0 Å². The minimum atomic E-state index is -4.64. The van der Waals surface area contributed by atoms with Crippen LogP contribution in [-0.2, 0) is 0 Å². The van der Waals surface area contributed by atoms with Crippen LogP contribution in [0.3, 0.4) is 0 Å². The zero-order chi connectivity index (χ0) is 14.3. The van der Waals surface area contributed by atoms with Crippen LogP contribution in [-0.4, -0.2) is 12.9 Å². The summed E-state index contributed by atoms with van der Waals surface area (Å²) in [6.45, 7) is 4.95. The van der Waals surface area contributed by atoms with E-state index in [2.05, 4.69) is 23.9 Å². The van der Waals surface area contributed by atoms with Crippen molar-refractivity contribution in [3.8, 4) is 5.75 Å². The van der Waals surface area contributed by atoms with Gasteiger partial charge < -0.3 is 10.1 Å². The maximum Gasteiger partial charge on any atom is 0.573 e. The van der Waals surface area contributed by atoms with Gasteiger partial charge in [0.15, 0.2) is 0 Å². The Morgan fingerprint density at radius 1 is 1.21 bits per heavy atom. The summed E-state index contributed by atoms with van der Waals surface area (Å²) in [6, 6.07) is 6.26. The molecule has 0 aliphatic heterocycles. The van der Waals surface area contributed by atoms with Crippen molar-refractivity contribution in [2.75, 3.05) is 6.54 Å². The predicted octanol–water partition coefficient (Wildman–Crippen LogP) is 4.43. The summed E-state index contributed by atoms with van der Waals surface area (Å²) in [7, 11) is 0. The van der Waals surface area contributed by atoms with Gasteiger partial charge in [0.25, 0.3) is 0 Å². The molecule has 0 fully saturated rings. The number of halogens is 3. The molecule has 1 rings (SSSR count). The summed E-state index contributed by atoms with van der Waals surface area (Å²) in [6.07, 6.45) is -1.81. The molecule has 0 aromatic heterocycles. The van der Waals surface area contributed by atoms with Gasteiger partial charge in [-0.25, -0.2) is 0 Å². The molecule has 0 aliphatic carbocycles. The molecule has 0 spiro atoms. The maximum absolute atomic E-state index is 12.2. The van der Waals surface area contributed by atoms with E-state index in [0.717, 1.165) is 31.4 Å². The Morgan fingerprint density at radius 2 is 1.95 bits per heavy atom. The van der Waals surface area contributed by atoms with Gasteiger partial charge in [0.1, 0.15) is 5.75 Å². The predicted molar refractivity (Wildman–Crippen MR) is 69.1 cm³/mol. The molecule has 0 amide bonds. The number of alkyl halides is 3. The lowest BCUT2D eigenvalue weighted by Crippen LogP contribution is -2.22. The fourth-order valence-electron chi connectivity index (χ4n) is 1.92. The van der Waals surface area contributed by atoms with Crippen molar-refractivity contribution in [1.29, 1.82) is 0 Å². The van der Waals surface area contributed by atoms with Crippen LogP contribution in [0.25, 0.3) is 0 Å². The molecular formula is C14H20F3NO. The van der Waals surface area contributed by atoms with Gasteiger partial charge in [-0.3, -0.25) is 0 Å². The molecule has 5 heteroatoms. The van der Waals surface area contributed by atoms with Gasteiger partial charge in [0.2, 0.25) is 0 Å². The molecule has 0 bridgehead atoms. The van der Waals surface area contributed by atoms with Gasteiger partial charge in [-0.05, 0) is 37.1 Å². The zero-order valence-corrected chi connectivity index (χ0v) is 11.3. The molecule has 0 saturated heterocycles. The van der Waals surface area contributed by atoms with E-state index in [0.29, 0.717) is 0 Å². The standard InChI is InChI=1S/C14H20F3NO/c1-3-6-13(18-9-4-2)11-7-5-8-12(10-11)19-14(15,16)17/h5,7-8,10,13,18H,3-4,6,9H2,1-2H3. The zero-order valence-electron chi connectivity index (χ0n) is 11.3. The van der Waals surface area contributed by atoms with Gasteiger partial charge in [0, 0.05) is 6.04 Å². The van der Waals surface area contributed by atoms with Crippen molar-refractivity contribution in [2.45, 2.75) is 45.5 Å². The first-order chi connectivity index (χ1) is 8.96. The smallest absolute Gasteiger partial charge is 0.406 e. The van der Waals surface area contributed by atoms with Gasteiger partial charge in [-0.1, -0.05) is 32.4 Å². The molecule has 0 saturated carbocycles. The number of hydrogen-bond acceptors (Lipinski definition) is 2. The third-order valence-corrected chi connectivity index (χ3v) is 2.71. The third-order valence-electron chi connectivity index (χ3n) is 2.71. The first-order valence-corrected chi connectivity index (χ1v) is 6.55. The molecule has 0 aliphatic rings. The van der Waals surface area contributed by atoms with Crippen molar-refractivity contribution in [3.05, 3.63) is 29.8 Å². The van der Waals surface area contributed by atoms with Crippen molar-refractivity contribution in [1.82, 2.24) is 5.32 Å². The van der Waals surface area contributed by atoms with Gasteiger partial charge in [-0.2, -0.15) is 0 Å². The molecule has 0 radical (unpaired) electrons. The van der Waals surface area contributed by atoms with E-state index in [-0.39, 0.29) is 11.8 Å². The highest BCUT2D eigenvalue weighted by molar-refractivity contribution is 5.30. The van der Waals surface area contributed by atoms with Crippen molar-refractivity contribution < 1.29 is 17.9 Å². The summed E-state index contributed by atoms with van der Waals surface area (Å²) >= 11 is 0. The highest BCUT2D eigenvalue weighted by Crippen LogP contribution is 2.27. The van der Waals surface area contributed by atoms with Crippen LogP contribution >= 0.6 is 0 Å². The number of nitrogens with one attached hydrogen (secondary N) is 1. The van der Waals surface area contributed by atoms with Crippen LogP contribution in [0.5, 0.6) is 5.75 Å². The first-order valence-electron chi connectivity index (χ1n) is 6.55. The summed E-state index contributed by atoms with van der Waals surface area (Å²) in [5, 5.41) is 3.34. The topological polar surface area (TPSA) is 21.3 Å². The van der Waals surface area contributed by atoms with Crippen LogP contribution in [0.1, 0.15) is 44.7 Å². The van der Waals surface area contributed by atoms with Crippen LogP contribution in [0.4, 0.5) is 13.2 Å². The second kappa shape index (κ2) is 7.38. The Balaban J connectivity index is 2.81. The summed E-state index contributed by atoms with van der Waals surface area (Å²) in [5.41, 5.74) is 0.831. The minimum Gasteiger partial charge on any atom is -0.406 e. The number of benzene rings is 1. The Hall–Kier alpha value is -1.23. The van der Waals surface area contributed by atoms with Crippen molar-refractivity contribution in [3.63, 3.8) is 0 Å². The summed E-state index contributed by atoms with van der Waals surface area (Å²) in [4.78, 5) is 0. The lowest BCUT2D eigenvalue weighted by atomic mass is 10.0. The van der Waals surface area contributed by atoms with Gasteiger partial charge >= 0.3 is 6.36 Å².